The normalized spacial score (nSPS) is 30.8. The molecule has 2 fully saturated rings. The highest BCUT2D eigenvalue weighted by Crippen LogP contribution is 2.43. The van der Waals surface area contributed by atoms with E-state index in [0.29, 0.717) is 0 Å². The van der Waals surface area contributed by atoms with Gasteiger partial charge in [-0.25, -0.2) is 0 Å². The molecule has 214 valence electrons. The Morgan fingerprint density at radius 3 is 1.00 bits per heavy atom. The molecule has 0 radical (unpaired) electrons. The topological polar surface area (TPSA) is 176 Å². The molecule has 0 aromatic heterocycles. The quantitative estimate of drug-likeness (QED) is 0.210. The maximum atomic E-state index is 11.9. The number of carbonyl (C=O) groups is 6. The first-order valence-corrected chi connectivity index (χ1v) is 13.6. The third kappa shape index (κ3) is 9.63. The van der Waals surface area contributed by atoms with Crippen LogP contribution in [0.2, 0.25) is 0 Å². The van der Waals surface area contributed by atoms with Crippen LogP contribution in [0.25, 0.3) is 0 Å². The second-order valence-electron chi connectivity index (χ2n) is 8.19. The largest absolute Gasteiger partial charge is 0.456 e. The summed E-state index contributed by atoms with van der Waals surface area (Å²) in [5.74, 6) is -4.13. The minimum Gasteiger partial charge on any atom is -0.456 e. The molecule has 0 amide bonds. The molecule has 2 heterocycles. The highest BCUT2D eigenvalue weighted by Gasteiger charge is 2.50. The minimum atomic E-state index is -1.19. The Morgan fingerprint density at radius 2 is 0.737 bits per heavy atom. The highest BCUT2D eigenvalue weighted by atomic mass is 33.1. The lowest BCUT2D eigenvalue weighted by molar-refractivity contribution is -0.213. The van der Waals surface area contributed by atoms with Gasteiger partial charge in [-0.15, -0.1) is 0 Å². The number of hydrogen-bond acceptors (Lipinski definition) is 16. The summed E-state index contributed by atoms with van der Waals surface area (Å²) in [4.78, 5) is 70.3. The second-order valence-corrected chi connectivity index (χ2v) is 10.7. The smallest absolute Gasteiger partial charge is 0.303 e. The van der Waals surface area contributed by atoms with Crippen molar-refractivity contribution in [3.05, 3.63) is 0 Å². The Morgan fingerprint density at radius 1 is 0.474 bits per heavy atom. The van der Waals surface area contributed by atoms with Crippen LogP contribution in [0.5, 0.6) is 0 Å². The van der Waals surface area contributed by atoms with Gasteiger partial charge in [-0.05, 0) is 0 Å². The molecule has 0 aliphatic carbocycles. The van der Waals surface area contributed by atoms with E-state index in [-0.39, 0.29) is 13.2 Å². The van der Waals surface area contributed by atoms with E-state index < -0.39 is 83.3 Å². The average Bonchev–Trinajstić information content (AvgIpc) is 2.76. The van der Waals surface area contributed by atoms with E-state index in [2.05, 4.69) is 0 Å². The van der Waals surface area contributed by atoms with Gasteiger partial charge < -0.3 is 37.9 Å². The first kappa shape index (κ1) is 31.7. The summed E-state index contributed by atoms with van der Waals surface area (Å²) in [5.41, 5.74) is -1.92. The van der Waals surface area contributed by atoms with Gasteiger partial charge in [-0.3, -0.25) is 28.8 Å². The first-order valence-electron chi connectivity index (χ1n) is 11.4. The molecule has 8 atom stereocenters. The Kier molecular flexibility index (Phi) is 12.1. The van der Waals surface area contributed by atoms with Crippen LogP contribution < -0.4 is 0 Å². The van der Waals surface area contributed by atoms with Gasteiger partial charge in [0.2, 0.25) is 0 Å². The van der Waals surface area contributed by atoms with Crippen molar-refractivity contribution in [1.29, 1.82) is 0 Å². The van der Waals surface area contributed by atoms with E-state index in [9.17, 15) is 28.8 Å². The van der Waals surface area contributed by atoms with Crippen molar-refractivity contribution < 1.29 is 66.7 Å². The zero-order valence-electron chi connectivity index (χ0n) is 21.6. The maximum absolute atomic E-state index is 11.9. The summed E-state index contributed by atoms with van der Waals surface area (Å²) in [5, 5.41) is 0. The Labute approximate surface area is 226 Å². The van der Waals surface area contributed by atoms with Crippen molar-refractivity contribution in [3.8, 4) is 0 Å². The SMILES string of the molecule is CC(=O)O[C@@H]1[C@H](OC(C)=O)[C@H](OC(C)=O)CO[C@@H]1SS[C@H]1OC[C@@H](OC(C)=O)[C@@H](OC(C)=O)[C@H]1OC(C)=O. The molecule has 2 rings (SSSR count). The van der Waals surface area contributed by atoms with Gasteiger partial charge in [0, 0.05) is 41.5 Å². The molecule has 0 N–H and O–H groups in total. The van der Waals surface area contributed by atoms with Crippen molar-refractivity contribution in [2.75, 3.05) is 13.2 Å². The fourth-order valence-electron chi connectivity index (χ4n) is 3.69. The summed E-state index contributed by atoms with van der Waals surface area (Å²) >= 11 is 0. The fourth-order valence-corrected chi connectivity index (χ4v) is 6.47. The number of esters is 6. The average molecular weight is 583 g/mol. The minimum absolute atomic E-state index is 0.184. The van der Waals surface area contributed by atoms with Gasteiger partial charge in [0.1, 0.15) is 0 Å². The van der Waals surface area contributed by atoms with Crippen LogP contribution >= 0.6 is 21.6 Å². The summed E-state index contributed by atoms with van der Waals surface area (Å²) in [6.45, 7) is 6.56. The van der Waals surface area contributed by atoms with Gasteiger partial charge in [0.25, 0.3) is 0 Å². The number of carbonyl (C=O) groups excluding carboxylic acids is 6. The maximum Gasteiger partial charge on any atom is 0.303 e. The molecule has 14 nitrogen and oxygen atoms in total. The molecule has 0 bridgehead atoms. The van der Waals surface area contributed by atoms with Crippen molar-refractivity contribution in [3.63, 3.8) is 0 Å². The third-order valence-corrected chi connectivity index (χ3v) is 7.63. The van der Waals surface area contributed by atoms with Crippen LogP contribution in [-0.4, -0.2) is 96.5 Å². The number of hydrogen-bond donors (Lipinski definition) is 0. The molecule has 0 unspecified atom stereocenters. The highest BCUT2D eigenvalue weighted by molar-refractivity contribution is 8.77. The monoisotopic (exact) mass is 582 g/mol. The predicted molar refractivity (Wildman–Crippen MR) is 128 cm³/mol. The summed E-state index contributed by atoms with van der Waals surface area (Å²) < 4.78 is 43.3. The fraction of sp³-hybridized carbons (Fsp3) is 0.727. The number of rotatable bonds is 9. The molecule has 2 saturated heterocycles. The van der Waals surface area contributed by atoms with Crippen molar-refractivity contribution in [2.45, 2.75) is 89.0 Å². The summed E-state index contributed by atoms with van der Waals surface area (Å²) in [7, 11) is 1.99. The summed E-state index contributed by atoms with van der Waals surface area (Å²) in [6.07, 6.45) is -6.82. The van der Waals surface area contributed by atoms with Crippen molar-refractivity contribution in [2.24, 2.45) is 0 Å². The lowest BCUT2D eigenvalue weighted by atomic mass is 10.1. The molecule has 0 spiro atoms. The third-order valence-electron chi connectivity index (χ3n) is 4.85. The van der Waals surface area contributed by atoms with Crippen LogP contribution in [0, 0.1) is 0 Å². The van der Waals surface area contributed by atoms with Crippen molar-refractivity contribution in [1.82, 2.24) is 0 Å². The molecule has 16 heteroatoms. The predicted octanol–water partition coefficient (Wildman–Crippen LogP) is 0.671. The molecule has 0 aromatic rings. The molecule has 2 aliphatic heterocycles. The van der Waals surface area contributed by atoms with Gasteiger partial charge in [0.05, 0.1) is 13.2 Å². The molecule has 2 aliphatic rings. The van der Waals surface area contributed by atoms with E-state index >= 15 is 0 Å². The summed E-state index contributed by atoms with van der Waals surface area (Å²) in [6, 6.07) is 0. The van der Waals surface area contributed by atoms with Crippen LogP contribution in [0.3, 0.4) is 0 Å². The van der Waals surface area contributed by atoms with E-state index in [1.807, 2.05) is 0 Å². The lowest BCUT2D eigenvalue weighted by Crippen LogP contribution is -2.57. The Balaban J connectivity index is 2.27. The Bertz CT molecular complexity index is 838. The standard InChI is InChI=1S/C22H30O14S2/c1-9(23)31-15-7-29-21(19(35-13(5)27)17(15)33-11(3)25)37-38-22-20(36-14(6)28)18(34-12(4)26)16(8-30-22)32-10(2)24/h15-22H,7-8H2,1-6H3/t15-,16-,17-,18-,19-,20-,21-,22-/m1/s1. The molecular weight excluding hydrogens is 552 g/mol. The number of ether oxygens (including phenoxy) is 8. The van der Waals surface area contributed by atoms with Crippen molar-refractivity contribution >= 4 is 57.4 Å². The van der Waals surface area contributed by atoms with Gasteiger partial charge >= 0.3 is 35.8 Å². The zero-order valence-corrected chi connectivity index (χ0v) is 23.2. The van der Waals surface area contributed by atoms with Crippen LogP contribution in [-0.2, 0) is 66.7 Å². The first-order chi connectivity index (χ1) is 17.8. The molecular formula is C22H30O14S2. The van der Waals surface area contributed by atoms with E-state index in [1.54, 1.807) is 0 Å². The second kappa shape index (κ2) is 14.6. The zero-order chi connectivity index (χ0) is 28.6. The van der Waals surface area contributed by atoms with Crippen LogP contribution in [0.1, 0.15) is 41.5 Å². The lowest BCUT2D eigenvalue weighted by Gasteiger charge is -2.42. The Hall–Kier alpha value is -2.56. The van der Waals surface area contributed by atoms with Crippen LogP contribution in [0.4, 0.5) is 0 Å². The van der Waals surface area contributed by atoms with E-state index in [1.165, 1.54) is 13.8 Å². The molecule has 0 saturated carbocycles. The molecule has 38 heavy (non-hydrogen) atoms. The molecule has 0 aromatic carbocycles. The van der Waals surface area contributed by atoms with E-state index in [4.69, 9.17) is 37.9 Å². The van der Waals surface area contributed by atoms with Gasteiger partial charge in [-0.2, -0.15) is 0 Å². The van der Waals surface area contributed by atoms with Gasteiger partial charge in [0.15, 0.2) is 47.5 Å². The van der Waals surface area contributed by atoms with E-state index in [0.717, 1.165) is 49.3 Å². The van der Waals surface area contributed by atoms with Gasteiger partial charge in [-0.1, -0.05) is 21.6 Å². The van der Waals surface area contributed by atoms with Crippen LogP contribution in [0.15, 0.2) is 0 Å².